The molecule has 7 nitrogen and oxygen atoms in total. The van der Waals surface area contributed by atoms with Crippen molar-refractivity contribution in [1.82, 2.24) is 15.0 Å². The van der Waals surface area contributed by atoms with Crippen molar-refractivity contribution in [1.29, 1.82) is 0 Å². The van der Waals surface area contributed by atoms with Crippen LogP contribution in [0, 0.1) is 10.1 Å². The second-order valence-electron chi connectivity index (χ2n) is 6.97. The maximum absolute atomic E-state index is 11.2. The first-order valence-corrected chi connectivity index (χ1v) is 10.0. The van der Waals surface area contributed by atoms with Crippen LogP contribution in [0.1, 0.15) is 17.2 Å². The number of ether oxygens (including phenoxy) is 1. The number of nitro groups is 1. The van der Waals surface area contributed by atoms with Crippen molar-refractivity contribution < 1.29 is 9.66 Å². The number of nitro benzene ring substituents is 1. The van der Waals surface area contributed by atoms with Gasteiger partial charge in [-0.05, 0) is 23.3 Å². The van der Waals surface area contributed by atoms with Gasteiger partial charge in [0.25, 0.3) is 5.69 Å². The monoisotopic (exact) mass is 434 g/mol. The Morgan fingerprint density at radius 3 is 2.55 bits per heavy atom. The number of benzene rings is 3. The lowest BCUT2D eigenvalue weighted by molar-refractivity contribution is -0.385. The highest BCUT2D eigenvalue weighted by Crippen LogP contribution is 2.26. The van der Waals surface area contributed by atoms with Crippen molar-refractivity contribution in [2.24, 2.45) is 0 Å². The SMILES string of the molecule is O=[N+]([O-])c1cccc(C(Cn2cc(-c3ccccc3)nn2)OCc2ccc(Cl)cc2)c1. The molecule has 0 fully saturated rings. The molecule has 4 rings (SSSR count). The highest BCUT2D eigenvalue weighted by molar-refractivity contribution is 6.30. The van der Waals surface area contributed by atoms with Crippen LogP contribution in [0.2, 0.25) is 5.02 Å². The maximum Gasteiger partial charge on any atom is 0.269 e. The largest absolute Gasteiger partial charge is 0.367 e. The molecule has 0 aliphatic heterocycles. The van der Waals surface area contributed by atoms with Gasteiger partial charge in [-0.3, -0.25) is 10.1 Å². The van der Waals surface area contributed by atoms with Gasteiger partial charge in [0.05, 0.1) is 24.3 Å². The maximum atomic E-state index is 11.2. The number of halogens is 1. The van der Waals surface area contributed by atoms with Gasteiger partial charge in [-0.15, -0.1) is 5.10 Å². The molecule has 0 saturated heterocycles. The van der Waals surface area contributed by atoms with Crippen LogP contribution in [0.25, 0.3) is 11.3 Å². The van der Waals surface area contributed by atoms with Crippen LogP contribution in [0.15, 0.2) is 85.1 Å². The number of hydrogen-bond acceptors (Lipinski definition) is 5. The molecule has 0 N–H and O–H groups in total. The van der Waals surface area contributed by atoms with Gasteiger partial charge in [-0.25, -0.2) is 4.68 Å². The Morgan fingerprint density at radius 1 is 1.03 bits per heavy atom. The summed E-state index contributed by atoms with van der Waals surface area (Å²) in [5, 5.41) is 20.3. The van der Waals surface area contributed by atoms with E-state index in [0.717, 1.165) is 16.8 Å². The van der Waals surface area contributed by atoms with E-state index in [1.807, 2.05) is 54.7 Å². The Morgan fingerprint density at radius 2 is 1.81 bits per heavy atom. The molecule has 0 aliphatic rings. The molecule has 0 aliphatic carbocycles. The van der Waals surface area contributed by atoms with Crippen LogP contribution in [0.5, 0.6) is 0 Å². The van der Waals surface area contributed by atoms with Crippen molar-refractivity contribution in [3.63, 3.8) is 0 Å². The molecule has 1 aromatic heterocycles. The van der Waals surface area contributed by atoms with Gasteiger partial charge in [0.1, 0.15) is 11.8 Å². The smallest absolute Gasteiger partial charge is 0.269 e. The van der Waals surface area contributed by atoms with E-state index in [0.29, 0.717) is 23.7 Å². The van der Waals surface area contributed by atoms with Gasteiger partial charge in [0.15, 0.2) is 0 Å². The Balaban J connectivity index is 1.57. The molecule has 0 spiro atoms. The molecule has 1 heterocycles. The Labute approximate surface area is 184 Å². The Kier molecular flexibility index (Phi) is 6.35. The summed E-state index contributed by atoms with van der Waals surface area (Å²) in [6.45, 7) is 0.680. The van der Waals surface area contributed by atoms with Crippen molar-refractivity contribution >= 4 is 17.3 Å². The summed E-state index contributed by atoms with van der Waals surface area (Å²) >= 11 is 5.95. The average molecular weight is 435 g/mol. The predicted molar refractivity (Wildman–Crippen MR) is 118 cm³/mol. The normalized spacial score (nSPS) is 11.9. The molecule has 156 valence electrons. The van der Waals surface area contributed by atoms with Gasteiger partial charge in [0, 0.05) is 22.7 Å². The van der Waals surface area contributed by atoms with Crippen molar-refractivity contribution in [3.8, 4) is 11.3 Å². The fourth-order valence-corrected chi connectivity index (χ4v) is 3.30. The first-order valence-electron chi connectivity index (χ1n) is 9.64. The van der Waals surface area contributed by atoms with Crippen molar-refractivity contribution in [2.45, 2.75) is 19.3 Å². The van der Waals surface area contributed by atoms with E-state index in [1.54, 1.807) is 22.9 Å². The van der Waals surface area contributed by atoms with Gasteiger partial charge in [-0.1, -0.05) is 71.4 Å². The van der Waals surface area contributed by atoms with E-state index in [4.69, 9.17) is 16.3 Å². The summed E-state index contributed by atoms with van der Waals surface area (Å²) in [6, 6.07) is 23.6. The number of non-ortho nitro benzene ring substituents is 1. The van der Waals surface area contributed by atoms with E-state index < -0.39 is 11.0 Å². The molecule has 4 aromatic rings. The second kappa shape index (κ2) is 9.51. The van der Waals surface area contributed by atoms with Gasteiger partial charge < -0.3 is 4.74 Å². The molecular formula is C23H19ClN4O3. The minimum atomic E-state index is -0.457. The third kappa shape index (κ3) is 5.33. The quantitative estimate of drug-likeness (QED) is 0.271. The highest BCUT2D eigenvalue weighted by Gasteiger charge is 2.18. The summed E-state index contributed by atoms with van der Waals surface area (Å²) < 4.78 is 7.84. The number of hydrogen-bond donors (Lipinski definition) is 0. The number of nitrogens with zero attached hydrogens (tertiary/aromatic N) is 4. The minimum Gasteiger partial charge on any atom is -0.367 e. The van der Waals surface area contributed by atoms with E-state index in [-0.39, 0.29) is 5.69 Å². The lowest BCUT2D eigenvalue weighted by atomic mass is 10.1. The second-order valence-corrected chi connectivity index (χ2v) is 7.41. The fraction of sp³-hybridized carbons (Fsp3) is 0.130. The molecular weight excluding hydrogens is 416 g/mol. The van der Waals surface area contributed by atoms with E-state index in [9.17, 15) is 10.1 Å². The summed E-state index contributed by atoms with van der Waals surface area (Å²) in [5.74, 6) is 0. The first-order chi connectivity index (χ1) is 15.1. The molecule has 0 radical (unpaired) electrons. The third-order valence-electron chi connectivity index (χ3n) is 4.78. The van der Waals surface area contributed by atoms with E-state index in [2.05, 4.69) is 10.3 Å². The molecule has 1 atom stereocenters. The van der Waals surface area contributed by atoms with Crippen molar-refractivity contribution in [3.05, 3.63) is 111 Å². The van der Waals surface area contributed by atoms with Gasteiger partial charge >= 0.3 is 0 Å². The topological polar surface area (TPSA) is 83.1 Å². The lowest BCUT2D eigenvalue weighted by Gasteiger charge is -2.18. The van der Waals surface area contributed by atoms with Crippen LogP contribution in [0.4, 0.5) is 5.69 Å². The Bertz CT molecular complexity index is 1160. The Hall–Kier alpha value is -3.55. The minimum absolute atomic E-state index is 0.0150. The molecule has 0 bridgehead atoms. The number of rotatable bonds is 8. The fourth-order valence-electron chi connectivity index (χ4n) is 3.17. The predicted octanol–water partition coefficient (Wildman–Crippen LogP) is 5.46. The highest BCUT2D eigenvalue weighted by atomic mass is 35.5. The number of aromatic nitrogens is 3. The zero-order valence-corrected chi connectivity index (χ0v) is 17.2. The van der Waals surface area contributed by atoms with Crippen LogP contribution in [0.3, 0.4) is 0 Å². The van der Waals surface area contributed by atoms with E-state index in [1.165, 1.54) is 12.1 Å². The zero-order valence-electron chi connectivity index (χ0n) is 16.5. The average Bonchev–Trinajstić information content (AvgIpc) is 3.27. The van der Waals surface area contributed by atoms with Crippen LogP contribution in [-0.4, -0.2) is 19.9 Å². The summed E-state index contributed by atoms with van der Waals surface area (Å²) in [7, 11) is 0. The molecule has 3 aromatic carbocycles. The molecule has 31 heavy (non-hydrogen) atoms. The zero-order chi connectivity index (χ0) is 21.6. The van der Waals surface area contributed by atoms with E-state index >= 15 is 0 Å². The molecule has 0 amide bonds. The van der Waals surface area contributed by atoms with Gasteiger partial charge in [0.2, 0.25) is 0 Å². The molecule has 0 saturated carbocycles. The first kappa shape index (κ1) is 20.7. The molecule has 8 heteroatoms. The summed E-state index contributed by atoms with van der Waals surface area (Å²) in [6.07, 6.45) is 1.38. The van der Waals surface area contributed by atoms with Crippen molar-refractivity contribution in [2.75, 3.05) is 0 Å². The van der Waals surface area contributed by atoms with Gasteiger partial charge in [-0.2, -0.15) is 0 Å². The molecule has 1 unspecified atom stereocenters. The summed E-state index contributed by atoms with van der Waals surface area (Å²) in [5.41, 5.74) is 3.36. The standard InChI is InChI=1S/C23H19ClN4O3/c24-20-11-9-17(10-12-20)16-31-23(19-7-4-8-21(13-19)28(29)30)15-27-14-22(25-26-27)18-5-2-1-3-6-18/h1-14,23H,15-16H2. The summed E-state index contributed by atoms with van der Waals surface area (Å²) in [4.78, 5) is 10.8. The van der Waals surface area contributed by atoms with Crippen LogP contribution in [-0.2, 0) is 17.9 Å². The van der Waals surface area contributed by atoms with Crippen LogP contribution < -0.4 is 0 Å². The van der Waals surface area contributed by atoms with Crippen LogP contribution >= 0.6 is 11.6 Å². The lowest BCUT2D eigenvalue weighted by Crippen LogP contribution is -2.14. The third-order valence-corrected chi connectivity index (χ3v) is 5.03.